The second-order valence-corrected chi connectivity index (χ2v) is 36.7. The van der Waals surface area contributed by atoms with Crippen LogP contribution < -0.4 is 47.9 Å². The van der Waals surface area contributed by atoms with E-state index in [0.29, 0.717) is 83.3 Å². The van der Waals surface area contributed by atoms with Gasteiger partial charge in [-0.15, -0.1) is 0 Å². The largest absolute Gasteiger partial charge is 0.370 e. The zero-order valence-corrected chi connectivity index (χ0v) is 76.3. The summed E-state index contributed by atoms with van der Waals surface area (Å²) in [6.07, 6.45) is 28.2. The number of carbonyl (C=O) groups excluding carboxylic acids is 10. The number of alkyl halides is 1. The number of likely N-dealkylation sites (tertiary alicyclic amines) is 5. The molecule has 9 N–H and O–H groups in total. The van der Waals surface area contributed by atoms with Gasteiger partial charge in [-0.05, 0) is 273 Å². The van der Waals surface area contributed by atoms with Crippen LogP contribution in [0.3, 0.4) is 0 Å². The van der Waals surface area contributed by atoms with Crippen LogP contribution in [0.5, 0.6) is 0 Å². The fraction of sp³-hybridized carbons (Fsp3) is 0.643. The minimum atomic E-state index is -1.85. The maximum absolute atomic E-state index is 14.4. The minimum absolute atomic E-state index is 0. The number of amides is 4. The number of hydrogen-bond acceptors (Lipinski definition) is 25. The molecule has 0 aromatic carbocycles. The summed E-state index contributed by atoms with van der Waals surface area (Å²) < 4.78 is 14.4. The Morgan fingerprint density at radius 2 is 0.688 bits per heavy atom. The standard InChI is InChI=1S/2C20H29N3O2.C19H27FN4O2.C19H29N5O2.C19H28N4O2.CH4/c2*1-15(24)13-23-12-10-17(14-23)19(25)7-3-2-6-18-9-8-16-5-4-11-21-20(16)22-18;1-14(25)11-24-12-19(20,13-24)18(26)22-9-3-2-6-16-8-7-15-5-4-10-21-17(15)23-16;1-14(25)13-24-11-7-17(8-12-24)23-19(26)21-10-6-16-5-4-15-3-2-9-20-18(15)22-16;1-14(24)11-23-12-16(13-23)19(25)21-9-3-2-6-17-8-7-15-5-4-10-20-18(15)22-17;/h2*8-9,17H,2-7,10-14H2,1H3,(H,21,22);7-8H,2-6,9-13H2,1H3,(H,21,23)(H,22,26);4-5,17H,2-3,6-13H2,1H3,(H,20,22)(H2,21,23,26);7-8,16H,2-6,9-13H2,1H3,(H,20,22)(H,21,25);1H4/t2*17-;;;;/m10..../s1. The number of hydrogen-bond donors (Lipinski definition) is 9. The summed E-state index contributed by atoms with van der Waals surface area (Å²) in [5, 5.41) is 28.4. The van der Waals surface area contributed by atoms with Gasteiger partial charge in [-0.1, -0.05) is 37.8 Å². The first kappa shape index (κ1) is 101. The fourth-order valence-corrected chi connectivity index (χ4v) is 18.3. The van der Waals surface area contributed by atoms with Crippen molar-refractivity contribution in [2.75, 3.05) is 177 Å². The monoisotopic (exact) mass is 1770 g/mol. The van der Waals surface area contributed by atoms with Crippen molar-refractivity contribution in [1.82, 2.24) is 70.7 Å². The molecule has 5 aromatic rings. The van der Waals surface area contributed by atoms with Crippen LogP contribution >= 0.6 is 0 Å². The van der Waals surface area contributed by atoms with Crippen LogP contribution in [-0.2, 0) is 107 Å². The number of aryl methyl sites for hydroxylation is 9. The third-order valence-corrected chi connectivity index (χ3v) is 25.2. The smallest absolute Gasteiger partial charge is 0.315 e. The second-order valence-electron chi connectivity index (χ2n) is 36.7. The molecule has 0 aliphatic carbocycles. The Morgan fingerprint density at radius 1 is 0.367 bits per heavy atom. The Hall–Kier alpha value is -9.62. The van der Waals surface area contributed by atoms with Crippen LogP contribution in [0.25, 0.3) is 0 Å². The molecular weight excluding hydrogens is 1620 g/mol. The molecule has 2 atom stereocenters. The third-order valence-electron chi connectivity index (χ3n) is 25.2. The number of pyridine rings is 5. The van der Waals surface area contributed by atoms with Crippen LogP contribution in [0.1, 0.15) is 220 Å². The Bertz CT molecular complexity index is 4380. The average molecular weight is 1770 g/mol. The maximum atomic E-state index is 14.4. The molecular formula is C98H146FN19O10. The summed E-state index contributed by atoms with van der Waals surface area (Å²) >= 11 is 0. The maximum Gasteiger partial charge on any atom is 0.315 e. The van der Waals surface area contributed by atoms with Crippen LogP contribution in [-0.4, -0.2) is 270 Å². The molecule has 10 aliphatic rings. The van der Waals surface area contributed by atoms with E-state index < -0.39 is 11.6 Å². The molecule has 5 saturated heterocycles. The number of rotatable bonds is 38. The molecule has 5 aromatic heterocycles. The highest BCUT2D eigenvalue weighted by Gasteiger charge is 2.50. The Labute approximate surface area is 758 Å². The molecule has 5 fully saturated rings. The number of unbranched alkanes of at least 4 members (excludes halogenated alkanes) is 4. The molecule has 4 amide bonds. The van der Waals surface area contributed by atoms with Crippen LogP contribution in [0, 0.1) is 17.8 Å². The lowest BCUT2D eigenvalue weighted by Crippen LogP contribution is -2.66. The minimum Gasteiger partial charge on any atom is -0.370 e. The van der Waals surface area contributed by atoms with Gasteiger partial charge in [0, 0.05) is 170 Å². The number of halogens is 1. The summed E-state index contributed by atoms with van der Waals surface area (Å²) in [7, 11) is 0. The van der Waals surface area contributed by atoms with Gasteiger partial charge in [-0.3, -0.25) is 67.7 Å². The first-order chi connectivity index (χ1) is 61.4. The van der Waals surface area contributed by atoms with E-state index in [-0.39, 0.29) is 91.7 Å². The number of nitrogens with zero attached hydrogens (tertiary/aromatic N) is 10. The molecule has 0 unspecified atom stereocenters. The van der Waals surface area contributed by atoms with E-state index in [0.717, 1.165) is 284 Å². The molecule has 700 valence electrons. The summed E-state index contributed by atoms with van der Waals surface area (Å²) in [5.74, 6) is 6.45. The topological polar surface area (TPSA) is 360 Å². The van der Waals surface area contributed by atoms with Crippen LogP contribution in [0.15, 0.2) is 60.7 Å². The third kappa shape index (κ3) is 33.7. The highest BCUT2D eigenvalue weighted by molar-refractivity contribution is 5.88. The number of fused-ring (bicyclic) bond motifs is 5. The van der Waals surface area contributed by atoms with Crippen molar-refractivity contribution in [2.24, 2.45) is 17.8 Å². The van der Waals surface area contributed by atoms with Crippen molar-refractivity contribution in [2.45, 2.75) is 240 Å². The number of ketones is 7. The van der Waals surface area contributed by atoms with Crippen molar-refractivity contribution in [3.05, 3.63) is 117 Å². The van der Waals surface area contributed by atoms with Crippen molar-refractivity contribution in [3.63, 3.8) is 0 Å². The SMILES string of the molecule is C.CC(=O)CN1CC(C(=O)NCCCCc2ccc3c(n2)NCCC3)C1.CC(=O)CN1CC(F)(C(=O)NCCCCc2ccc3c(n2)NCCC3)C1.CC(=O)CN1CCC(NC(=O)NCCc2ccc3c(n2)NCCC3)CC1.CC(=O)CN1CC[C@@H](C(=O)CCCCc2ccc3c(n2)NCCC3)C1.CC(=O)CN1CC[C@H](C(=O)CCCCc2ccc3c(n2)NCCC3)C1. The van der Waals surface area contributed by atoms with Crippen molar-refractivity contribution >= 4 is 87.4 Å². The highest BCUT2D eigenvalue weighted by Crippen LogP contribution is 2.30. The first-order valence-corrected chi connectivity index (χ1v) is 47.5. The first-order valence-electron chi connectivity index (χ1n) is 47.5. The summed E-state index contributed by atoms with van der Waals surface area (Å²) in [6.45, 7) is 23.2. The van der Waals surface area contributed by atoms with Gasteiger partial charge < -0.3 is 47.9 Å². The van der Waals surface area contributed by atoms with Gasteiger partial charge in [0.05, 0.1) is 38.6 Å². The van der Waals surface area contributed by atoms with Gasteiger partial charge in [0.25, 0.3) is 5.91 Å². The number of urea groups is 1. The predicted molar refractivity (Wildman–Crippen MR) is 501 cm³/mol. The lowest BCUT2D eigenvalue weighted by atomic mass is 9.95. The highest BCUT2D eigenvalue weighted by atomic mass is 19.1. The Morgan fingerprint density at radius 3 is 1.06 bits per heavy atom. The van der Waals surface area contributed by atoms with Gasteiger partial charge >= 0.3 is 6.03 Å². The number of carbonyl (C=O) groups is 10. The van der Waals surface area contributed by atoms with Crippen LogP contribution in [0.2, 0.25) is 0 Å². The summed E-state index contributed by atoms with van der Waals surface area (Å²) in [6, 6.07) is 21.4. The van der Waals surface area contributed by atoms with Crippen molar-refractivity contribution < 1.29 is 52.3 Å². The summed E-state index contributed by atoms with van der Waals surface area (Å²) in [4.78, 5) is 150. The number of nitrogens with one attached hydrogen (secondary N) is 9. The van der Waals surface area contributed by atoms with Gasteiger partial charge in [-0.25, -0.2) is 34.1 Å². The van der Waals surface area contributed by atoms with Gasteiger partial charge in [0.1, 0.15) is 69.6 Å². The Balaban J connectivity index is 0.000000166. The van der Waals surface area contributed by atoms with E-state index in [1.165, 1.54) is 54.0 Å². The molecule has 0 bridgehead atoms. The van der Waals surface area contributed by atoms with E-state index >= 15 is 0 Å². The zero-order chi connectivity index (χ0) is 89.9. The molecule has 0 spiro atoms. The fourth-order valence-electron chi connectivity index (χ4n) is 18.3. The Kier molecular flexibility index (Phi) is 41.1. The van der Waals surface area contributed by atoms with E-state index in [2.05, 4.69) is 133 Å². The van der Waals surface area contributed by atoms with Crippen molar-refractivity contribution in [3.8, 4) is 0 Å². The molecule has 0 saturated carbocycles. The number of piperidine rings is 1. The number of aromatic nitrogens is 5. The number of Topliss-reactive ketones (excluding diaryl/α,β-unsaturated/α-hetero) is 7. The lowest BCUT2D eigenvalue weighted by Gasteiger charge is -2.42. The van der Waals surface area contributed by atoms with Crippen molar-refractivity contribution in [1.29, 1.82) is 0 Å². The average Bonchev–Trinajstić information content (AvgIpc) is 0.888. The lowest BCUT2D eigenvalue weighted by molar-refractivity contribution is -0.147. The molecule has 128 heavy (non-hydrogen) atoms. The van der Waals surface area contributed by atoms with E-state index in [1.807, 2.05) is 4.90 Å². The zero-order valence-electron chi connectivity index (χ0n) is 76.3. The summed E-state index contributed by atoms with van der Waals surface area (Å²) in [5.41, 5.74) is 10.1. The predicted octanol–water partition coefficient (Wildman–Crippen LogP) is 10.1. The molecule has 29 nitrogen and oxygen atoms in total. The normalized spacial score (nSPS) is 18.6. The molecule has 0 radical (unpaired) electrons. The van der Waals surface area contributed by atoms with Gasteiger partial charge in [-0.2, -0.15) is 0 Å². The molecule has 15 heterocycles. The van der Waals surface area contributed by atoms with E-state index in [9.17, 15) is 52.3 Å². The van der Waals surface area contributed by atoms with E-state index in [4.69, 9.17) is 15.0 Å². The molecule has 30 heteroatoms. The van der Waals surface area contributed by atoms with Gasteiger partial charge in [0.15, 0.2) is 0 Å². The van der Waals surface area contributed by atoms with Gasteiger partial charge in [0.2, 0.25) is 11.6 Å². The number of anilines is 5. The molecule has 10 aliphatic heterocycles. The second kappa shape index (κ2) is 52.3. The van der Waals surface area contributed by atoms with Crippen LogP contribution in [0.4, 0.5) is 38.3 Å². The molecule has 15 rings (SSSR count). The quantitative estimate of drug-likeness (QED) is 0.0166. The van der Waals surface area contributed by atoms with E-state index in [1.54, 1.807) is 32.6 Å².